The summed E-state index contributed by atoms with van der Waals surface area (Å²) in [5.41, 5.74) is 2.06. The maximum atomic E-state index is 13.1. The molecule has 0 aliphatic rings. The van der Waals surface area contributed by atoms with Crippen molar-refractivity contribution in [2.24, 2.45) is 0 Å². The van der Waals surface area contributed by atoms with Crippen LogP contribution in [0.5, 0.6) is 0 Å². The van der Waals surface area contributed by atoms with Crippen LogP contribution in [0.2, 0.25) is 0 Å². The van der Waals surface area contributed by atoms with Crippen molar-refractivity contribution in [1.29, 1.82) is 0 Å². The van der Waals surface area contributed by atoms with Gasteiger partial charge < -0.3 is 0 Å². The lowest BCUT2D eigenvalue weighted by Gasteiger charge is -1.99. The summed E-state index contributed by atoms with van der Waals surface area (Å²) in [5, 5.41) is 11.5. The summed E-state index contributed by atoms with van der Waals surface area (Å²) in [6.45, 7) is 1.69. The van der Waals surface area contributed by atoms with Crippen LogP contribution in [0.4, 0.5) is 10.1 Å². The van der Waals surface area contributed by atoms with E-state index in [9.17, 15) is 14.5 Å². The third-order valence-electron chi connectivity index (χ3n) is 2.99. The van der Waals surface area contributed by atoms with Gasteiger partial charge in [-0.3, -0.25) is 10.1 Å². The largest absolute Gasteiger partial charge is 0.272 e. The van der Waals surface area contributed by atoms with Gasteiger partial charge in [0.1, 0.15) is 10.8 Å². The minimum atomic E-state index is -0.410. The molecule has 0 spiro atoms. The fourth-order valence-corrected chi connectivity index (χ4v) is 2.96. The fourth-order valence-electron chi connectivity index (χ4n) is 2.02. The van der Waals surface area contributed by atoms with Crippen molar-refractivity contribution in [2.75, 3.05) is 0 Å². The van der Waals surface area contributed by atoms with Crippen molar-refractivity contribution in [3.8, 4) is 10.6 Å². The van der Waals surface area contributed by atoms with E-state index in [4.69, 9.17) is 0 Å². The molecule has 0 saturated heterocycles. The average molecular weight is 288 g/mol. The highest BCUT2D eigenvalue weighted by molar-refractivity contribution is 7.21. The van der Waals surface area contributed by atoms with Gasteiger partial charge in [-0.15, -0.1) is 11.3 Å². The van der Waals surface area contributed by atoms with Crippen molar-refractivity contribution in [1.82, 2.24) is 4.98 Å². The first-order valence-corrected chi connectivity index (χ1v) is 6.68. The average Bonchev–Trinajstić information content (AvgIpc) is 2.81. The molecule has 100 valence electrons. The van der Waals surface area contributed by atoms with E-state index in [0.29, 0.717) is 11.1 Å². The lowest BCUT2D eigenvalue weighted by molar-refractivity contribution is -0.385. The molecule has 2 aromatic carbocycles. The number of nitro groups is 1. The molecule has 4 nitrogen and oxygen atoms in total. The first-order valence-electron chi connectivity index (χ1n) is 5.86. The van der Waals surface area contributed by atoms with Crippen LogP contribution in [-0.4, -0.2) is 9.91 Å². The van der Waals surface area contributed by atoms with Gasteiger partial charge in [-0.1, -0.05) is 0 Å². The summed E-state index contributed by atoms with van der Waals surface area (Å²) < 4.78 is 14.0. The predicted octanol–water partition coefficient (Wildman–Crippen LogP) is 4.32. The zero-order valence-electron chi connectivity index (χ0n) is 10.5. The molecule has 0 saturated carbocycles. The van der Waals surface area contributed by atoms with E-state index < -0.39 is 4.92 Å². The van der Waals surface area contributed by atoms with Gasteiger partial charge in [-0.05, 0) is 31.2 Å². The van der Waals surface area contributed by atoms with Crippen LogP contribution in [0, 0.1) is 22.9 Å². The number of aromatic nitrogens is 1. The Hall–Kier alpha value is -2.34. The van der Waals surface area contributed by atoms with Gasteiger partial charge in [0.05, 0.1) is 15.1 Å². The van der Waals surface area contributed by atoms with E-state index in [1.54, 1.807) is 25.1 Å². The molecule has 0 aliphatic carbocycles. The molecule has 20 heavy (non-hydrogen) atoms. The molecule has 1 aromatic heterocycles. The van der Waals surface area contributed by atoms with Gasteiger partial charge >= 0.3 is 0 Å². The van der Waals surface area contributed by atoms with E-state index in [1.807, 2.05) is 0 Å². The topological polar surface area (TPSA) is 56.0 Å². The van der Waals surface area contributed by atoms with Crippen LogP contribution in [0.25, 0.3) is 20.8 Å². The molecule has 0 aliphatic heterocycles. The highest BCUT2D eigenvalue weighted by Crippen LogP contribution is 2.32. The van der Waals surface area contributed by atoms with Gasteiger partial charge in [0.25, 0.3) is 5.69 Å². The van der Waals surface area contributed by atoms with Crippen LogP contribution >= 0.6 is 11.3 Å². The number of halogens is 1. The minimum Gasteiger partial charge on any atom is -0.258 e. The van der Waals surface area contributed by atoms with E-state index in [0.717, 1.165) is 15.3 Å². The van der Waals surface area contributed by atoms with Crippen molar-refractivity contribution in [2.45, 2.75) is 6.92 Å². The number of benzene rings is 2. The Morgan fingerprint density at radius 3 is 2.75 bits per heavy atom. The highest BCUT2D eigenvalue weighted by atomic mass is 32.1. The number of rotatable bonds is 2. The summed E-state index contributed by atoms with van der Waals surface area (Å²) in [6, 6.07) is 9.33. The summed E-state index contributed by atoms with van der Waals surface area (Å²) in [7, 11) is 0. The van der Waals surface area contributed by atoms with Crippen LogP contribution in [0.1, 0.15) is 5.56 Å². The Kier molecular flexibility index (Phi) is 2.94. The summed E-state index contributed by atoms with van der Waals surface area (Å²) in [4.78, 5) is 14.8. The molecule has 3 rings (SSSR count). The van der Waals surface area contributed by atoms with Crippen molar-refractivity contribution in [3.05, 3.63) is 57.9 Å². The quantitative estimate of drug-likeness (QED) is 0.521. The van der Waals surface area contributed by atoms with Gasteiger partial charge in [-0.2, -0.15) is 0 Å². The first-order chi connectivity index (χ1) is 9.54. The lowest BCUT2D eigenvalue weighted by atomic mass is 10.1. The standard InChI is InChI=1S/C14H9FN2O2S/c1-8-6-9(2-4-12(8)17(18)19)14-16-11-7-10(15)3-5-13(11)20-14/h2-7H,1H3. The normalized spacial score (nSPS) is 10.9. The molecule has 0 unspecified atom stereocenters. The summed E-state index contributed by atoms with van der Waals surface area (Å²) >= 11 is 1.43. The van der Waals surface area contributed by atoms with Gasteiger partial charge in [0, 0.05) is 23.3 Å². The Labute approximate surface area is 117 Å². The molecule has 0 amide bonds. The van der Waals surface area contributed by atoms with Gasteiger partial charge in [-0.25, -0.2) is 9.37 Å². The number of fused-ring (bicyclic) bond motifs is 1. The van der Waals surface area contributed by atoms with E-state index >= 15 is 0 Å². The van der Waals surface area contributed by atoms with E-state index in [-0.39, 0.29) is 11.5 Å². The number of nitro benzene ring substituents is 1. The van der Waals surface area contributed by atoms with Gasteiger partial charge in [0.15, 0.2) is 0 Å². The molecule has 0 bridgehead atoms. The third-order valence-corrected chi connectivity index (χ3v) is 4.08. The van der Waals surface area contributed by atoms with Crippen LogP contribution in [0.3, 0.4) is 0 Å². The van der Waals surface area contributed by atoms with Crippen LogP contribution in [-0.2, 0) is 0 Å². The molecule has 3 aromatic rings. The predicted molar refractivity (Wildman–Crippen MR) is 76.4 cm³/mol. The SMILES string of the molecule is Cc1cc(-c2nc3cc(F)ccc3s2)ccc1[N+](=O)[O-]. The molecule has 6 heteroatoms. The maximum Gasteiger partial charge on any atom is 0.272 e. The van der Waals surface area contributed by atoms with E-state index in [2.05, 4.69) is 4.98 Å². The second-order valence-corrected chi connectivity index (χ2v) is 5.42. The number of nitrogens with zero attached hydrogens (tertiary/aromatic N) is 2. The lowest BCUT2D eigenvalue weighted by Crippen LogP contribution is -1.91. The number of hydrogen-bond donors (Lipinski definition) is 0. The monoisotopic (exact) mass is 288 g/mol. The Morgan fingerprint density at radius 2 is 2.05 bits per heavy atom. The highest BCUT2D eigenvalue weighted by Gasteiger charge is 2.13. The molecular weight excluding hydrogens is 279 g/mol. The van der Waals surface area contributed by atoms with Gasteiger partial charge in [0.2, 0.25) is 0 Å². The van der Waals surface area contributed by atoms with Crippen LogP contribution < -0.4 is 0 Å². The first kappa shape index (κ1) is 12.7. The smallest absolute Gasteiger partial charge is 0.258 e. The minimum absolute atomic E-state index is 0.0842. The third kappa shape index (κ3) is 2.14. The zero-order chi connectivity index (χ0) is 14.3. The Bertz CT molecular complexity index is 829. The molecule has 0 radical (unpaired) electrons. The number of aryl methyl sites for hydroxylation is 1. The Morgan fingerprint density at radius 1 is 1.25 bits per heavy atom. The Balaban J connectivity index is 2.11. The molecule has 0 fully saturated rings. The second kappa shape index (κ2) is 4.64. The maximum absolute atomic E-state index is 13.1. The zero-order valence-corrected chi connectivity index (χ0v) is 11.3. The number of thiazole rings is 1. The molecule has 0 N–H and O–H groups in total. The molecular formula is C14H9FN2O2S. The second-order valence-electron chi connectivity index (χ2n) is 4.39. The van der Waals surface area contributed by atoms with Crippen molar-refractivity contribution >= 4 is 27.2 Å². The number of hydrogen-bond acceptors (Lipinski definition) is 4. The van der Waals surface area contributed by atoms with E-state index in [1.165, 1.54) is 29.5 Å². The van der Waals surface area contributed by atoms with Crippen molar-refractivity contribution in [3.63, 3.8) is 0 Å². The molecule has 0 atom stereocenters. The summed E-state index contributed by atoms with van der Waals surface area (Å²) in [5.74, 6) is -0.325. The van der Waals surface area contributed by atoms with Crippen molar-refractivity contribution < 1.29 is 9.31 Å². The fraction of sp³-hybridized carbons (Fsp3) is 0.0714. The van der Waals surface area contributed by atoms with Crippen LogP contribution in [0.15, 0.2) is 36.4 Å². The molecule has 1 heterocycles. The summed E-state index contributed by atoms with van der Waals surface area (Å²) in [6.07, 6.45) is 0.